The molecule has 1 rings (SSSR count). The van der Waals surface area contributed by atoms with Gasteiger partial charge in [0.2, 0.25) is 5.91 Å². The molecule has 5 nitrogen and oxygen atoms in total. The lowest BCUT2D eigenvalue weighted by atomic mass is 10.2. The summed E-state index contributed by atoms with van der Waals surface area (Å²) in [5.41, 5.74) is 11.7. The van der Waals surface area contributed by atoms with Crippen molar-refractivity contribution in [3.05, 3.63) is 23.8 Å². The molecule has 0 radical (unpaired) electrons. The SMILES string of the molecule is COC(=O)CSc1cc(C(N)=O)ccc1N. The highest BCUT2D eigenvalue weighted by Gasteiger charge is 2.08. The van der Waals surface area contributed by atoms with E-state index in [-0.39, 0.29) is 11.7 Å². The molecule has 0 spiro atoms. The summed E-state index contributed by atoms with van der Waals surface area (Å²) in [5.74, 6) is -0.739. The zero-order valence-corrected chi connectivity index (χ0v) is 9.54. The van der Waals surface area contributed by atoms with Crippen LogP contribution in [0.25, 0.3) is 0 Å². The van der Waals surface area contributed by atoms with Crippen molar-refractivity contribution in [2.24, 2.45) is 5.73 Å². The molecule has 0 saturated carbocycles. The highest BCUT2D eigenvalue weighted by Crippen LogP contribution is 2.26. The first kappa shape index (κ1) is 12.4. The molecule has 0 saturated heterocycles. The van der Waals surface area contributed by atoms with E-state index in [2.05, 4.69) is 4.74 Å². The Morgan fingerprint density at radius 3 is 2.69 bits per heavy atom. The van der Waals surface area contributed by atoms with Crippen LogP contribution in [0, 0.1) is 0 Å². The summed E-state index contributed by atoms with van der Waals surface area (Å²) in [6.45, 7) is 0. The molecule has 1 amide bonds. The summed E-state index contributed by atoms with van der Waals surface area (Å²) in [7, 11) is 1.31. The smallest absolute Gasteiger partial charge is 0.315 e. The van der Waals surface area contributed by atoms with Crippen LogP contribution in [0.5, 0.6) is 0 Å². The summed E-state index contributed by atoms with van der Waals surface area (Å²) in [6.07, 6.45) is 0. The minimum absolute atomic E-state index is 0.142. The minimum atomic E-state index is -0.528. The quantitative estimate of drug-likeness (QED) is 0.457. The number of benzene rings is 1. The highest BCUT2D eigenvalue weighted by molar-refractivity contribution is 8.00. The van der Waals surface area contributed by atoms with Gasteiger partial charge in [-0.2, -0.15) is 0 Å². The van der Waals surface area contributed by atoms with E-state index in [9.17, 15) is 9.59 Å². The van der Waals surface area contributed by atoms with Crippen molar-refractivity contribution in [3.63, 3.8) is 0 Å². The molecule has 0 aliphatic carbocycles. The van der Waals surface area contributed by atoms with E-state index in [4.69, 9.17) is 11.5 Å². The summed E-state index contributed by atoms with van der Waals surface area (Å²) < 4.78 is 4.50. The predicted molar refractivity (Wildman–Crippen MR) is 62.1 cm³/mol. The Kier molecular flexibility index (Phi) is 4.19. The molecular weight excluding hydrogens is 228 g/mol. The van der Waals surface area contributed by atoms with Crippen molar-refractivity contribution in [1.29, 1.82) is 0 Å². The van der Waals surface area contributed by atoms with Crippen molar-refractivity contribution < 1.29 is 14.3 Å². The number of rotatable bonds is 4. The van der Waals surface area contributed by atoms with Gasteiger partial charge in [-0.1, -0.05) is 0 Å². The van der Waals surface area contributed by atoms with Gasteiger partial charge in [0.1, 0.15) is 0 Å². The van der Waals surface area contributed by atoms with Gasteiger partial charge in [0.15, 0.2) is 0 Å². The van der Waals surface area contributed by atoms with Crippen LogP contribution in [0.4, 0.5) is 5.69 Å². The molecule has 0 aliphatic rings. The van der Waals surface area contributed by atoms with E-state index in [0.717, 1.165) is 0 Å². The molecule has 0 unspecified atom stereocenters. The zero-order valence-electron chi connectivity index (χ0n) is 8.73. The second kappa shape index (κ2) is 5.41. The molecule has 4 N–H and O–H groups in total. The summed E-state index contributed by atoms with van der Waals surface area (Å²) >= 11 is 1.20. The van der Waals surface area contributed by atoms with E-state index in [1.807, 2.05) is 0 Å². The molecule has 0 aliphatic heterocycles. The van der Waals surface area contributed by atoms with Crippen molar-refractivity contribution in [2.75, 3.05) is 18.6 Å². The predicted octanol–water partition coefficient (Wildman–Crippen LogP) is 0.633. The number of ether oxygens (including phenoxy) is 1. The number of thioether (sulfide) groups is 1. The average molecular weight is 240 g/mol. The van der Waals surface area contributed by atoms with Gasteiger partial charge in [-0.25, -0.2) is 0 Å². The Bertz CT molecular complexity index is 421. The van der Waals surface area contributed by atoms with Gasteiger partial charge in [-0.15, -0.1) is 11.8 Å². The molecule has 0 atom stereocenters. The van der Waals surface area contributed by atoms with Crippen LogP contribution < -0.4 is 11.5 Å². The largest absolute Gasteiger partial charge is 0.468 e. The van der Waals surface area contributed by atoms with Gasteiger partial charge in [0, 0.05) is 16.1 Å². The van der Waals surface area contributed by atoms with Crippen molar-refractivity contribution >= 4 is 29.3 Å². The van der Waals surface area contributed by atoms with Crippen molar-refractivity contribution in [3.8, 4) is 0 Å². The first-order valence-electron chi connectivity index (χ1n) is 4.43. The van der Waals surface area contributed by atoms with E-state index in [0.29, 0.717) is 16.1 Å². The fourth-order valence-corrected chi connectivity index (χ4v) is 1.84. The second-order valence-corrected chi connectivity index (χ2v) is 4.00. The molecule has 0 heterocycles. The molecule has 86 valence electrons. The van der Waals surface area contributed by atoms with Gasteiger partial charge in [-0.3, -0.25) is 9.59 Å². The maximum absolute atomic E-state index is 10.9. The fourth-order valence-electron chi connectivity index (χ4n) is 1.01. The lowest BCUT2D eigenvalue weighted by Gasteiger charge is -2.05. The van der Waals surface area contributed by atoms with Gasteiger partial charge in [-0.05, 0) is 18.2 Å². The minimum Gasteiger partial charge on any atom is -0.468 e. The van der Waals surface area contributed by atoms with E-state index in [1.165, 1.54) is 18.9 Å². The molecule has 6 heteroatoms. The first-order valence-corrected chi connectivity index (χ1v) is 5.42. The molecule has 0 bridgehead atoms. The van der Waals surface area contributed by atoms with Crippen LogP contribution in [0.15, 0.2) is 23.1 Å². The Morgan fingerprint density at radius 1 is 1.44 bits per heavy atom. The van der Waals surface area contributed by atoms with Crippen LogP contribution >= 0.6 is 11.8 Å². The average Bonchev–Trinajstić information content (AvgIpc) is 2.27. The number of carbonyl (C=O) groups is 2. The molecule has 1 aromatic carbocycles. The van der Waals surface area contributed by atoms with Crippen LogP contribution in [0.1, 0.15) is 10.4 Å². The molecule has 0 aromatic heterocycles. The number of nitrogen functional groups attached to an aromatic ring is 1. The number of nitrogens with two attached hydrogens (primary N) is 2. The third kappa shape index (κ3) is 3.16. The number of hydrogen-bond acceptors (Lipinski definition) is 5. The van der Waals surface area contributed by atoms with Gasteiger partial charge >= 0.3 is 5.97 Å². The van der Waals surface area contributed by atoms with Gasteiger partial charge < -0.3 is 16.2 Å². The zero-order chi connectivity index (χ0) is 12.1. The van der Waals surface area contributed by atoms with Gasteiger partial charge in [0.25, 0.3) is 0 Å². The summed E-state index contributed by atoms with van der Waals surface area (Å²) in [5, 5.41) is 0. The number of methoxy groups -OCH3 is 1. The lowest BCUT2D eigenvalue weighted by molar-refractivity contribution is -0.137. The standard InChI is InChI=1S/C10H12N2O3S/c1-15-9(13)5-16-8-4-6(10(12)14)2-3-7(8)11/h2-4H,5,11H2,1H3,(H2,12,14). The van der Waals surface area contributed by atoms with Crippen molar-refractivity contribution in [2.45, 2.75) is 4.90 Å². The van der Waals surface area contributed by atoms with E-state index < -0.39 is 5.91 Å². The van der Waals surface area contributed by atoms with Crippen LogP contribution in [-0.2, 0) is 9.53 Å². The number of hydrogen-bond donors (Lipinski definition) is 2. The molecule has 0 fully saturated rings. The topological polar surface area (TPSA) is 95.4 Å². The van der Waals surface area contributed by atoms with Crippen LogP contribution in [-0.4, -0.2) is 24.7 Å². The van der Waals surface area contributed by atoms with Crippen LogP contribution in [0.3, 0.4) is 0 Å². The van der Waals surface area contributed by atoms with Crippen molar-refractivity contribution in [1.82, 2.24) is 0 Å². The van der Waals surface area contributed by atoms with Gasteiger partial charge in [0.05, 0.1) is 12.9 Å². The number of carbonyl (C=O) groups excluding carboxylic acids is 2. The maximum Gasteiger partial charge on any atom is 0.315 e. The third-order valence-corrected chi connectivity index (χ3v) is 2.92. The Morgan fingerprint density at radius 2 is 2.12 bits per heavy atom. The van der Waals surface area contributed by atoms with E-state index >= 15 is 0 Å². The number of esters is 1. The fraction of sp³-hybridized carbons (Fsp3) is 0.200. The van der Waals surface area contributed by atoms with Crippen LogP contribution in [0.2, 0.25) is 0 Å². The lowest BCUT2D eigenvalue weighted by Crippen LogP contribution is -2.11. The number of primary amides is 1. The summed E-state index contributed by atoms with van der Waals surface area (Å²) in [6, 6.07) is 4.69. The molecule has 16 heavy (non-hydrogen) atoms. The molecule has 1 aromatic rings. The second-order valence-electron chi connectivity index (χ2n) is 2.98. The summed E-state index contributed by atoms with van der Waals surface area (Å²) in [4.78, 5) is 22.5. The normalized spacial score (nSPS) is 9.81. The van der Waals surface area contributed by atoms with E-state index in [1.54, 1.807) is 18.2 Å². The third-order valence-electron chi connectivity index (χ3n) is 1.87. The number of anilines is 1. The molecular formula is C10H12N2O3S. The highest BCUT2D eigenvalue weighted by atomic mass is 32.2. The Hall–Kier alpha value is -1.69. The first-order chi connectivity index (χ1) is 7.54. The Balaban J connectivity index is 2.82. The monoisotopic (exact) mass is 240 g/mol. The maximum atomic E-state index is 10.9. The Labute approximate surface area is 97.1 Å². The number of amides is 1.